The zero-order valence-electron chi connectivity index (χ0n) is 10.6. The van der Waals surface area contributed by atoms with Gasteiger partial charge in [-0.15, -0.1) is 11.3 Å². The Balaban J connectivity index is 2.07. The topological polar surface area (TPSA) is 66.5 Å². The second kappa shape index (κ2) is 5.51. The van der Waals surface area contributed by atoms with Gasteiger partial charge in [0.15, 0.2) is 0 Å². The molecule has 106 valence electrons. The molecule has 0 atom stereocenters. The van der Waals surface area contributed by atoms with Crippen molar-refractivity contribution in [2.24, 2.45) is 0 Å². The molecule has 0 aromatic carbocycles. The number of nitrogens with one attached hydrogen (secondary N) is 1. The van der Waals surface area contributed by atoms with E-state index in [0.717, 1.165) is 37.8 Å². The molecule has 1 aliphatic carbocycles. The van der Waals surface area contributed by atoms with E-state index in [1.165, 1.54) is 7.05 Å². The van der Waals surface area contributed by atoms with Gasteiger partial charge in [0.05, 0.1) is 10.3 Å². The van der Waals surface area contributed by atoms with Crippen molar-refractivity contribution in [3.05, 3.63) is 15.4 Å². The average molecular weight is 367 g/mol. The standard InChI is InChI=1S/C11H15BrN2O3S2/c1-7-5-10(18-11(7)12)19(16,17)14(2)6-9(15)13-8-3-4-8/h5,8H,3-4,6H2,1-2H3,(H,13,15). The van der Waals surface area contributed by atoms with Gasteiger partial charge in [0.25, 0.3) is 10.0 Å². The summed E-state index contributed by atoms with van der Waals surface area (Å²) in [6.07, 6.45) is 1.97. The van der Waals surface area contributed by atoms with Crippen LogP contribution < -0.4 is 5.32 Å². The maximum absolute atomic E-state index is 12.3. The Kier molecular flexibility index (Phi) is 4.34. The first-order valence-electron chi connectivity index (χ1n) is 5.82. The number of halogens is 1. The van der Waals surface area contributed by atoms with Crippen molar-refractivity contribution in [1.82, 2.24) is 9.62 Å². The highest BCUT2D eigenvalue weighted by Gasteiger charge is 2.28. The van der Waals surface area contributed by atoms with Crippen molar-refractivity contribution in [2.45, 2.75) is 30.0 Å². The Morgan fingerprint density at radius 3 is 2.68 bits per heavy atom. The van der Waals surface area contributed by atoms with E-state index in [2.05, 4.69) is 21.2 Å². The fraction of sp³-hybridized carbons (Fsp3) is 0.545. The average Bonchev–Trinajstić information content (AvgIpc) is 3.04. The molecule has 0 spiro atoms. The van der Waals surface area contributed by atoms with Gasteiger partial charge in [-0.2, -0.15) is 4.31 Å². The highest BCUT2D eigenvalue weighted by Crippen LogP contribution is 2.31. The van der Waals surface area contributed by atoms with E-state index in [9.17, 15) is 13.2 Å². The molecule has 0 aliphatic heterocycles. The fourth-order valence-corrected chi connectivity index (χ4v) is 5.07. The van der Waals surface area contributed by atoms with Gasteiger partial charge in [-0.3, -0.25) is 4.79 Å². The number of thiophene rings is 1. The highest BCUT2D eigenvalue weighted by atomic mass is 79.9. The van der Waals surface area contributed by atoms with Crippen LogP contribution in [-0.2, 0) is 14.8 Å². The molecule has 2 rings (SSSR count). The Morgan fingerprint density at radius 2 is 2.21 bits per heavy atom. The number of carbonyl (C=O) groups is 1. The quantitative estimate of drug-likeness (QED) is 0.862. The molecule has 0 bridgehead atoms. The lowest BCUT2D eigenvalue weighted by Gasteiger charge is -2.15. The minimum atomic E-state index is -3.59. The second-order valence-electron chi connectivity index (χ2n) is 4.63. The van der Waals surface area contributed by atoms with Gasteiger partial charge < -0.3 is 5.32 Å². The molecule has 1 N–H and O–H groups in total. The lowest BCUT2D eigenvalue weighted by molar-refractivity contribution is -0.121. The number of hydrogen-bond acceptors (Lipinski definition) is 4. The third-order valence-electron chi connectivity index (χ3n) is 2.81. The molecule has 0 saturated heterocycles. The molecular weight excluding hydrogens is 352 g/mol. The van der Waals surface area contributed by atoms with Crippen LogP contribution in [-0.4, -0.2) is 38.3 Å². The summed E-state index contributed by atoms with van der Waals surface area (Å²) in [6.45, 7) is 1.69. The van der Waals surface area contributed by atoms with Gasteiger partial charge in [0.2, 0.25) is 5.91 Å². The normalized spacial score (nSPS) is 15.8. The van der Waals surface area contributed by atoms with Gasteiger partial charge in [-0.05, 0) is 47.3 Å². The Morgan fingerprint density at radius 1 is 1.58 bits per heavy atom. The van der Waals surface area contributed by atoms with Crippen LogP contribution in [0.1, 0.15) is 18.4 Å². The van der Waals surface area contributed by atoms with Crippen LogP contribution in [0.25, 0.3) is 0 Å². The fourth-order valence-electron chi connectivity index (χ4n) is 1.50. The number of rotatable bonds is 5. The van der Waals surface area contributed by atoms with E-state index in [1.807, 2.05) is 6.92 Å². The lowest BCUT2D eigenvalue weighted by Crippen LogP contribution is -2.38. The van der Waals surface area contributed by atoms with Gasteiger partial charge in [0.1, 0.15) is 4.21 Å². The minimum Gasteiger partial charge on any atom is -0.352 e. The molecule has 19 heavy (non-hydrogen) atoms. The van der Waals surface area contributed by atoms with Crippen molar-refractivity contribution >= 4 is 43.2 Å². The third kappa shape index (κ3) is 3.56. The molecule has 1 fully saturated rings. The third-order valence-corrected chi connectivity index (χ3v) is 7.20. The molecule has 8 heteroatoms. The van der Waals surface area contributed by atoms with Crippen molar-refractivity contribution in [3.63, 3.8) is 0 Å². The van der Waals surface area contributed by atoms with E-state index in [0.29, 0.717) is 0 Å². The molecule has 1 saturated carbocycles. The number of aryl methyl sites for hydroxylation is 1. The molecule has 0 unspecified atom stereocenters. The van der Waals surface area contributed by atoms with Gasteiger partial charge in [0, 0.05) is 13.1 Å². The number of carbonyl (C=O) groups excluding carboxylic acids is 1. The molecule has 1 aliphatic rings. The van der Waals surface area contributed by atoms with Crippen LogP contribution in [0.15, 0.2) is 14.1 Å². The van der Waals surface area contributed by atoms with Crippen molar-refractivity contribution in [1.29, 1.82) is 0 Å². The number of amides is 1. The molecular formula is C11H15BrN2O3S2. The van der Waals surface area contributed by atoms with Crippen LogP contribution in [0.2, 0.25) is 0 Å². The van der Waals surface area contributed by atoms with E-state index >= 15 is 0 Å². The molecule has 1 aromatic heterocycles. The summed E-state index contributed by atoms with van der Waals surface area (Å²) < 4.78 is 26.7. The molecule has 1 aromatic rings. The van der Waals surface area contributed by atoms with Gasteiger partial charge in [-0.25, -0.2) is 8.42 Å². The van der Waals surface area contributed by atoms with Crippen LogP contribution in [0.4, 0.5) is 0 Å². The first-order valence-corrected chi connectivity index (χ1v) is 8.87. The summed E-state index contributed by atoms with van der Waals surface area (Å²) >= 11 is 4.46. The summed E-state index contributed by atoms with van der Waals surface area (Å²) in [5.74, 6) is -0.249. The van der Waals surface area contributed by atoms with Crippen molar-refractivity contribution in [3.8, 4) is 0 Å². The van der Waals surface area contributed by atoms with Gasteiger partial charge >= 0.3 is 0 Å². The Labute approximate surface area is 125 Å². The maximum Gasteiger partial charge on any atom is 0.252 e. The van der Waals surface area contributed by atoms with Crippen LogP contribution in [0.3, 0.4) is 0 Å². The Hall–Kier alpha value is -0.440. The summed E-state index contributed by atoms with van der Waals surface area (Å²) in [5.41, 5.74) is 0.874. The molecule has 1 amide bonds. The summed E-state index contributed by atoms with van der Waals surface area (Å²) in [4.78, 5) is 11.6. The molecule has 0 radical (unpaired) electrons. The number of likely N-dealkylation sites (N-methyl/N-ethyl adjacent to an activating group) is 1. The largest absolute Gasteiger partial charge is 0.352 e. The maximum atomic E-state index is 12.3. The SMILES string of the molecule is Cc1cc(S(=O)(=O)N(C)CC(=O)NC2CC2)sc1Br. The van der Waals surface area contributed by atoms with E-state index in [-0.39, 0.29) is 22.7 Å². The summed E-state index contributed by atoms with van der Waals surface area (Å²) in [6, 6.07) is 1.85. The first-order chi connectivity index (χ1) is 8.80. The first kappa shape index (κ1) is 15.0. The summed E-state index contributed by atoms with van der Waals surface area (Å²) in [5, 5.41) is 2.77. The number of hydrogen-bond donors (Lipinski definition) is 1. The minimum absolute atomic E-state index is 0.145. The van der Waals surface area contributed by atoms with Crippen LogP contribution in [0.5, 0.6) is 0 Å². The Bertz CT molecular complexity index is 574. The second-order valence-corrected chi connectivity index (χ2v) is 9.27. The van der Waals surface area contributed by atoms with E-state index in [4.69, 9.17) is 0 Å². The molecule has 5 nitrogen and oxygen atoms in total. The van der Waals surface area contributed by atoms with Crippen molar-refractivity contribution < 1.29 is 13.2 Å². The predicted molar refractivity (Wildman–Crippen MR) is 77.7 cm³/mol. The highest BCUT2D eigenvalue weighted by molar-refractivity contribution is 9.11. The number of sulfonamides is 1. The predicted octanol–water partition coefficient (Wildman–Crippen LogP) is 1.72. The monoisotopic (exact) mass is 366 g/mol. The van der Waals surface area contributed by atoms with E-state index < -0.39 is 10.0 Å². The zero-order valence-corrected chi connectivity index (χ0v) is 13.9. The zero-order chi connectivity index (χ0) is 14.2. The van der Waals surface area contributed by atoms with Crippen LogP contribution >= 0.6 is 27.3 Å². The van der Waals surface area contributed by atoms with E-state index in [1.54, 1.807) is 6.07 Å². The van der Waals surface area contributed by atoms with Gasteiger partial charge in [-0.1, -0.05) is 0 Å². The molecule has 1 heterocycles. The van der Waals surface area contributed by atoms with Crippen molar-refractivity contribution in [2.75, 3.05) is 13.6 Å². The van der Waals surface area contributed by atoms with Crippen LogP contribution in [0, 0.1) is 6.92 Å². The lowest BCUT2D eigenvalue weighted by atomic mass is 10.4. The number of nitrogens with zero attached hydrogens (tertiary/aromatic N) is 1. The smallest absolute Gasteiger partial charge is 0.252 e. The summed E-state index contributed by atoms with van der Waals surface area (Å²) in [7, 11) is -2.17.